The van der Waals surface area contributed by atoms with Crippen LogP contribution in [0.15, 0.2) is 18.2 Å². The molecule has 0 bridgehead atoms. The van der Waals surface area contributed by atoms with Crippen molar-refractivity contribution < 1.29 is 9.47 Å². The summed E-state index contributed by atoms with van der Waals surface area (Å²) in [7, 11) is 3.22. The molecule has 5 nitrogen and oxygen atoms in total. The van der Waals surface area contributed by atoms with Gasteiger partial charge in [-0.1, -0.05) is 11.3 Å². The van der Waals surface area contributed by atoms with Gasteiger partial charge in [0.05, 0.1) is 14.2 Å². The fourth-order valence-corrected chi connectivity index (χ4v) is 2.10. The number of ether oxygens (including phenoxy) is 2. The molecule has 7 heteroatoms. The predicted molar refractivity (Wildman–Crippen MR) is 70.1 cm³/mol. The molecule has 0 aliphatic rings. The Morgan fingerprint density at radius 1 is 1.24 bits per heavy atom. The zero-order valence-electron chi connectivity index (χ0n) is 9.31. The highest BCUT2D eigenvalue weighted by Gasteiger charge is 2.04. The average Bonchev–Trinajstić information content (AvgIpc) is 2.74. The highest BCUT2D eigenvalue weighted by molar-refractivity contribution is 7.73. The maximum absolute atomic E-state index is 5.17. The van der Waals surface area contributed by atoms with Crippen molar-refractivity contribution in [1.82, 2.24) is 10.2 Å². The average molecular weight is 269 g/mol. The van der Waals surface area contributed by atoms with E-state index in [-0.39, 0.29) is 0 Å². The SMILES string of the molecule is COc1cc(Nc2n[nH]c(=S)s2)cc(OC)c1. The van der Waals surface area contributed by atoms with Gasteiger partial charge in [-0.15, -0.1) is 5.10 Å². The second kappa shape index (κ2) is 5.15. The van der Waals surface area contributed by atoms with Crippen molar-refractivity contribution in [3.63, 3.8) is 0 Å². The number of nitrogens with one attached hydrogen (secondary N) is 2. The third-order valence-corrected chi connectivity index (χ3v) is 3.05. The summed E-state index contributed by atoms with van der Waals surface area (Å²) in [6.07, 6.45) is 0. The van der Waals surface area contributed by atoms with Gasteiger partial charge >= 0.3 is 0 Å². The van der Waals surface area contributed by atoms with Crippen LogP contribution in [-0.2, 0) is 0 Å². The Kier molecular flexibility index (Phi) is 3.60. The molecule has 90 valence electrons. The summed E-state index contributed by atoms with van der Waals surface area (Å²) in [4.78, 5) is 0. The summed E-state index contributed by atoms with van der Waals surface area (Å²) in [6.45, 7) is 0. The van der Waals surface area contributed by atoms with Crippen LogP contribution in [0.1, 0.15) is 0 Å². The summed E-state index contributed by atoms with van der Waals surface area (Å²) in [5, 5.41) is 10.5. The van der Waals surface area contributed by atoms with Crippen LogP contribution < -0.4 is 14.8 Å². The first-order valence-corrected chi connectivity index (χ1v) is 5.99. The summed E-state index contributed by atoms with van der Waals surface area (Å²) in [6, 6.07) is 5.51. The number of methoxy groups -OCH3 is 2. The lowest BCUT2D eigenvalue weighted by atomic mass is 10.3. The highest BCUT2D eigenvalue weighted by atomic mass is 32.1. The third kappa shape index (κ3) is 2.95. The van der Waals surface area contributed by atoms with Gasteiger partial charge in [0.25, 0.3) is 0 Å². The van der Waals surface area contributed by atoms with Gasteiger partial charge in [-0.25, -0.2) is 0 Å². The zero-order valence-corrected chi connectivity index (χ0v) is 10.9. The van der Waals surface area contributed by atoms with E-state index in [0.717, 1.165) is 5.69 Å². The number of rotatable bonds is 4. The Morgan fingerprint density at radius 2 is 1.88 bits per heavy atom. The summed E-state index contributed by atoms with van der Waals surface area (Å²) >= 11 is 6.32. The number of nitrogens with zero attached hydrogens (tertiary/aromatic N) is 1. The topological polar surface area (TPSA) is 59.2 Å². The molecule has 0 unspecified atom stereocenters. The van der Waals surface area contributed by atoms with Crippen LogP contribution in [0, 0.1) is 3.95 Å². The van der Waals surface area contributed by atoms with Gasteiger partial charge in [0.2, 0.25) is 5.13 Å². The van der Waals surface area contributed by atoms with Gasteiger partial charge in [0, 0.05) is 23.9 Å². The molecule has 0 radical (unpaired) electrons. The Bertz CT molecular complexity index is 542. The zero-order chi connectivity index (χ0) is 12.3. The molecule has 17 heavy (non-hydrogen) atoms. The minimum Gasteiger partial charge on any atom is -0.497 e. The van der Waals surface area contributed by atoms with Crippen LogP contribution in [0.25, 0.3) is 0 Å². The Labute approximate surface area is 107 Å². The van der Waals surface area contributed by atoms with Gasteiger partial charge in [-0.2, -0.15) is 0 Å². The Morgan fingerprint density at radius 3 is 2.35 bits per heavy atom. The molecule has 0 spiro atoms. The van der Waals surface area contributed by atoms with Crippen LogP contribution in [0.3, 0.4) is 0 Å². The van der Waals surface area contributed by atoms with Crippen molar-refractivity contribution >= 4 is 34.4 Å². The molecule has 1 aromatic carbocycles. The second-order valence-corrected chi connectivity index (χ2v) is 4.81. The van der Waals surface area contributed by atoms with Crippen LogP contribution in [0.4, 0.5) is 10.8 Å². The van der Waals surface area contributed by atoms with E-state index in [2.05, 4.69) is 15.5 Å². The standard InChI is InChI=1S/C10H11N3O2S2/c1-14-7-3-6(4-8(5-7)15-2)11-9-12-13-10(16)17-9/h3-5H,1-2H3,(H,11,12)(H,13,16). The first-order chi connectivity index (χ1) is 8.21. The van der Waals surface area contributed by atoms with E-state index in [1.807, 2.05) is 12.1 Å². The van der Waals surface area contributed by atoms with Gasteiger partial charge < -0.3 is 14.8 Å². The molecule has 1 heterocycles. The molecular formula is C10H11N3O2S2. The molecular weight excluding hydrogens is 258 g/mol. The molecule has 0 fully saturated rings. The normalized spacial score (nSPS) is 10.0. The van der Waals surface area contributed by atoms with Crippen LogP contribution in [0.5, 0.6) is 11.5 Å². The molecule has 2 aromatic rings. The van der Waals surface area contributed by atoms with Crippen molar-refractivity contribution in [1.29, 1.82) is 0 Å². The molecule has 2 N–H and O–H groups in total. The smallest absolute Gasteiger partial charge is 0.208 e. The molecule has 0 amide bonds. The number of aromatic nitrogens is 2. The van der Waals surface area contributed by atoms with E-state index in [1.165, 1.54) is 11.3 Å². The maximum Gasteiger partial charge on any atom is 0.208 e. The predicted octanol–water partition coefficient (Wildman–Crippen LogP) is 2.96. The number of hydrogen-bond donors (Lipinski definition) is 2. The van der Waals surface area contributed by atoms with E-state index in [9.17, 15) is 0 Å². The summed E-state index contributed by atoms with van der Waals surface area (Å²) in [5.41, 5.74) is 0.832. The van der Waals surface area contributed by atoms with Gasteiger partial charge in [0.15, 0.2) is 3.95 Å². The minimum atomic E-state index is 0.627. The van der Waals surface area contributed by atoms with Crippen molar-refractivity contribution in [2.75, 3.05) is 19.5 Å². The van der Waals surface area contributed by atoms with Crippen LogP contribution >= 0.6 is 23.6 Å². The largest absolute Gasteiger partial charge is 0.497 e. The van der Waals surface area contributed by atoms with E-state index >= 15 is 0 Å². The summed E-state index contributed by atoms with van der Waals surface area (Å²) < 4.78 is 11.0. The first-order valence-electron chi connectivity index (χ1n) is 4.77. The highest BCUT2D eigenvalue weighted by Crippen LogP contribution is 2.28. The fraction of sp³-hybridized carbons (Fsp3) is 0.200. The molecule has 1 aromatic heterocycles. The first kappa shape index (κ1) is 11.9. The Balaban J connectivity index is 2.28. The molecule has 2 rings (SSSR count). The molecule has 0 saturated carbocycles. The van der Waals surface area contributed by atoms with E-state index in [0.29, 0.717) is 20.6 Å². The number of hydrogen-bond acceptors (Lipinski definition) is 6. The van der Waals surface area contributed by atoms with Gasteiger partial charge in [0.1, 0.15) is 11.5 Å². The van der Waals surface area contributed by atoms with E-state index in [1.54, 1.807) is 20.3 Å². The maximum atomic E-state index is 5.17. The van der Waals surface area contributed by atoms with Gasteiger partial charge in [-0.05, 0) is 12.2 Å². The van der Waals surface area contributed by atoms with Crippen LogP contribution in [-0.4, -0.2) is 24.4 Å². The van der Waals surface area contributed by atoms with Crippen LogP contribution in [0.2, 0.25) is 0 Å². The minimum absolute atomic E-state index is 0.627. The number of anilines is 2. The molecule has 0 aliphatic heterocycles. The van der Waals surface area contributed by atoms with Gasteiger partial charge in [-0.3, -0.25) is 5.10 Å². The second-order valence-electron chi connectivity index (χ2n) is 3.14. The third-order valence-electron chi connectivity index (χ3n) is 2.04. The van der Waals surface area contributed by atoms with E-state index < -0.39 is 0 Å². The number of aromatic amines is 1. The van der Waals surface area contributed by atoms with Crippen molar-refractivity contribution in [3.8, 4) is 11.5 Å². The summed E-state index contributed by atoms with van der Waals surface area (Å²) in [5.74, 6) is 1.43. The quantitative estimate of drug-likeness (QED) is 0.836. The number of H-pyrrole nitrogens is 1. The van der Waals surface area contributed by atoms with Crippen molar-refractivity contribution in [2.24, 2.45) is 0 Å². The lowest BCUT2D eigenvalue weighted by molar-refractivity contribution is 0.395. The van der Waals surface area contributed by atoms with Crippen molar-refractivity contribution in [2.45, 2.75) is 0 Å². The molecule has 0 saturated heterocycles. The molecule has 0 aliphatic carbocycles. The number of benzene rings is 1. The lowest BCUT2D eigenvalue weighted by Gasteiger charge is -2.08. The van der Waals surface area contributed by atoms with E-state index in [4.69, 9.17) is 21.7 Å². The lowest BCUT2D eigenvalue weighted by Crippen LogP contribution is -1.93. The Hall–Kier alpha value is -1.60. The fourth-order valence-electron chi connectivity index (χ4n) is 1.29. The molecule has 0 atom stereocenters. The van der Waals surface area contributed by atoms with Crippen molar-refractivity contribution in [3.05, 3.63) is 22.2 Å². The monoisotopic (exact) mass is 269 g/mol.